The van der Waals surface area contributed by atoms with Crippen LogP contribution in [0.4, 0.5) is 4.79 Å². The number of hydrogen-bond donors (Lipinski definition) is 2. The number of halogens is 1. The molecule has 0 aromatic heterocycles. The van der Waals surface area contributed by atoms with Gasteiger partial charge in [0.15, 0.2) is 5.96 Å². The van der Waals surface area contributed by atoms with E-state index >= 15 is 0 Å². The Morgan fingerprint density at radius 2 is 1.87 bits per heavy atom. The molecular weight excluding hydrogens is 495 g/mol. The SMILES string of the molecule is CN=C(NCc1ccc(COC(C)C)cc1)N1CCC(NC(=O)OC(C)(C)C)C1.I. The molecular formula is C22H37IN4O3. The fourth-order valence-corrected chi connectivity index (χ4v) is 3.07. The first-order chi connectivity index (χ1) is 13.7. The Labute approximate surface area is 198 Å². The third-order valence-electron chi connectivity index (χ3n) is 4.48. The van der Waals surface area contributed by atoms with E-state index in [9.17, 15) is 4.79 Å². The molecule has 1 amide bonds. The van der Waals surface area contributed by atoms with Gasteiger partial charge in [-0.1, -0.05) is 24.3 Å². The molecule has 0 bridgehead atoms. The van der Waals surface area contributed by atoms with Crippen LogP contribution in [0.25, 0.3) is 0 Å². The number of benzene rings is 1. The summed E-state index contributed by atoms with van der Waals surface area (Å²) in [4.78, 5) is 18.5. The lowest BCUT2D eigenvalue weighted by Gasteiger charge is -2.23. The van der Waals surface area contributed by atoms with Gasteiger partial charge in [-0.3, -0.25) is 4.99 Å². The predicted molar refractivity (Wildman–Crippen MR) is 131 cm³/mol. The molecule has 1 fully saturated rings. The van der Waals surface area contributed by atoms with Crippen LogP contribution in [0, 0.1) is 0 Å². The molecule has 7 nitrogen and oxygen atoms in total. The molecule has 8 heteroatoms. The molecule has 1 heterocycles. The highest BCUT2D eigenvalue weighted by atomic mass is 127. The van der Waals surface area contributed by atoms with Gasteiger partial charge < -0.3 is 25.0 Å². The molecule has 1 saturated heterocycles. The highest BCUT2D eigenvalue weighted by molar-refractivity contribution is 14.0. The molecule has 0 aliphatic carbocycles. The molecule has 2 rings (SSSR count). The molecule has 0 spiro atoms. The second-order valence-electron chi connectivity index (χ2n) is 8.65. The van der Waals surface area contributed by atoms with Crippen LogP contribution in [0.1, 0.15) is 52.2 Å². The van der Waals surface area contributed by atoms with Crippen molar-refractivity contribution in [1.29, 1.82) is 0 Å². The molecule has 0 radical (unpaired) electrons. The molecule has 1 atom stereocenters. The van der Waals surface area contributed by atoms with Gasteiger partial charge in [-0.15, -0.1) is 24.0 Å². The smallest absolute Gasteiger partial charge is 0.407 e. The average Bonchev–Trinajstić information content (AvgIpc) is 3.08. The van der Waals surface area contributed by atoms with Crippen molar-refractivity contribution in [1.82, 2.24) is 15.5 Å². The molecule has 1 unspecified atom stereocenters. The number of nitrogens with one attached hydrogen (secondary N) is 2. The molecule has 1 aromatic rings. The number of rotatable bonds is 6. The summed E-state index contributed by atoms with van der Waals surface area (Å²) >= 11 is 0. The fraction of sp³-hybridized carbons (Fsp3) is 0.636. The van der Waals surface area contributed by atoms with Crippen molar-refractivity contribution >= 4 is 36.0 Å². The lowest BCUT2D eigenvalue weighted by molar-refractivity contribution is 0.0507. The van der Waals surface area contributed by atoms with E-state index in [2.05, 4.69) is 44.8 Å². The third kappa shape index (κ3) is 9.51. The Balaban J connectivity index is 0.00000450. The summed E-state index contributed by atoms with van der Waals surface area (Å²) in [6, 6.07) is 8.47. The van der Waals surface area contributed by atoms with Gasteiger partial charge in [0.25, 0.3) is 0 Å². The second kappa shape index (κ2) is 12.3. The van der Waals surface area contributed by atoms with Crippen molar-refractivity contribution < 1.29 is 14.3 Å². The van der Waals surface area contributed by atoms with Crippen molar-refractivity contribution in [2.24, 2.45) is 4.99 Å². The van der Waals surface area contributed by atoms with Crippen LogP contribution in [-0.4, -0.2) is 54.8 Å². The van der Waals surface area contributed by atoms with Crippen LogP contribution in [0.15, 0.2) is 29.3 Å². The number of hydrogen-bond acceptors (Lipinski definition) is 4. The zero-order valence-corrected chi connectivity index (χ0v) is 21.4. The monoisotopic (exact) mass is 532 g/mol. The number of aliphatic imine (C=N–C) groups is 1. The average molecular weight is 532 g/mol. The van der Waals surface area contributed by atoms with Crippen LogP contribution in [0.2, 0.25) is 0 Å². The summed E-state index contributed by atoms with van der Waals surface area (Å²) in [5.74, 6) is 0.839. The highest BCUT2D eigenvalue weighted by Gasteiger charge is 2.27. The van der Waals surface area contributed by atoms with E-state index in [1.807, 2.05) is 34.6 Å². The Morgan fingerprint density at radius 1 is 1.23 bits per heavy atom. The summed E-state index contributed by atoms with van der Waals surface area (Å²) < 4.78 is 11.0. The number of guanidine groups is 1. The van der Waals surface area contributed by atoms with Crippen LogP contribution in [0.3, 0.4) is 0 Å². The Kier molecular flexibility index (Phi) is 10.9. The second-order valence-corrected chi connectivity index (χ2v) is 8.65. The van der Waals surface area contributed by atoms with E-state index in [0.717, 1.165) is 18.9 Å². The van der Waals surface area contributed by atoms with Gasteiger partial charge in [-0.25, -0.2) is 4.79 Å². The first kappa shape index (κ1) is 26.5. The molecule has 1 aliphatic rings. The molecule has 0 saturated carbocycles. The quantitative estimate of drug-likeness (QED) is 0.330. The molecule has 170 valence electrons. The van der Waals surface area contributed by atoms with E-state index in [1.54, 1.807) is 7.05 Å². The number of carbonyl (C=O) groups excluding carboxylic acids is 1. The molecule has 1 aromatic carbocycles. The summed E-state index contributed by atoms with van der Waals surface area (Å²) in [5.41, 5.74) is 1.86. The maximum atomic E-state index is 12.0. The van der Waals surface area contributed by atoms with Gasteiger partial charge in [-0.05, 0) is 52.2 Å². The zero-order chi connectivity index (χ0) is 21.4. The number of alkyl carbamates (subject to hydrolysis) is 1. The highest BCUT2D eigenvalue weighted by Crippen LogP contribution is 2.13. The third-order valence-corrected chi connectivity index (χ3v) is 4.48. The summed E-state index contributed by atoms with van der Waals surface area (Å²) in [6.45, 7) is 12.5. The minimum atomic E-state index is -0.490. The normalized spacial score (nSPS) is 17.0. The van der Waals surface area contributed by atoms with E-state index in [0.29, 0.717) is 19.7 Å². The largest absolute Gasteiger partial charge is 0.444 e. The van der Waals surface area contributed by atoms with Crippen LogP contribution in [-0.2, 0) is 22.6 Å². The van der Waals surface area contributed by atoms with E-state index in [-0.39, 0.29) is 42.2 Å². The van der Waals surface area contributed by atoms with E-state index in [4.69, 9.17) is 9.47 Å². The number of likely N-dealkylation sites (tertiary alicyclic amines) is 1. The number of amides is 1. The van der Waals surface area contributed by atoms with Gasteiger partial charge in [0.1, 0.15) is 5.60 Å². The van der Waals surface area contributed by atoms with Crippen molar-refractivity contribution in [3.05, 3.63) is 35.4 Å². The summed E-state index contributed by atoms with van der Waals surface area (Å²) in [5, 5.41) is 6.36. The Morgan fingerprint density at radius 3 is 2.43 bits per heavy atom. The van der Waals surface area contributed by atoms with Gasteiger partial charge >= 0.3 is 6.09 Å². The number of nitrogens with zero attached hydrogens (tertiary/aromatic N) is 2. The van der Waals surface area contributed by atoms with Gasteiger partial charge in [-0.2, -0.15) is 0 Å². The minimum absolute atomic E-state index is 0. The predicted octanol–water partition coefficient (Wildman–Crippen LogP) is 3.90. The first-order valence-electron chi connectivity index (χ1n) is 10.3. The minimum Gasteiger partial charge on any atom is -0.444 e. The summed E-state index contributed by atoms with van der Waals surface area (Å²) in [7, 11) is 1.78. The number of ether oxygens (including phenoxy) is 2. The lowest BCUT2D eigenvalue weighted by atomic mass is 10.1. The molecule has 2 N–H and O–H groups in total. The zero-order valence-electron chi connectivity index (χ0n) is 19.0. The van der Waals surface area contributed by atoms with Crippen molar-refractivity contribution in [3.8, 4) is 0 Å². The Hall–Kier alpha value is -1.55. The number of carbonyl (C=O) groups is 1. The maximum absolute atomic E-state index is 12.0. The van der Waals surface area contributed by atoms with Crippen molar-refractivity contribution in [2.75, 3.05) is 20.1 Å². The van der Waals surface area contributed by atoms with Crippen LogP contribution >= 0.6 is 24.0 Å². The van der Waals surface area contributed by atoms with Crippen molar-refractivity contribution in [3.63, 3.8) is 0 Å². The van der Waals surface area contributed by atoms with Gasteiger partial charge in [0.05, 0.1) is 18.8 Å². The summed E-state index contributed by atoms with van der Waals surface area (Å²) in [6.07, 6.45) is 0.729. The van der Waals surface area contributed by atoms with Crippen molar-refractivity contribution in [2.45, 2.75) is 71.9 Å². The Bertz CT molecular complexity index is 687. The standard InChI is InChI=1S/C22H36N4O3.HI/c1-16(2)28-15-18-9-7-17(8-10-18)13-24-20(23-6)26-12-11-19(14-26)25-21(27)29-22(3,4)5;/h7-10,16,19H,11-15H2,1-6H3,(H,23,24)(H,25,27);1H. The fourth-order valence-electron chi connectivity index (χ4n) is 3.07. The van der Waals surface area contributed by atoms with E-state index < -0.39 is 5.60 Å². The van der Waals surface area contributed by atoms with Gasteiger partial charge in [0, 0.05) is 26.7 Å². The topological polar surface area (TPSA) is 75.2 Å². The molecule has 1 aliphatic heterocycles. The first-order valence-corrected chi connectivity index (χ1v) is 10.3. The van der Waals surface area contributed by atoms with Crippen LogP contribution in [0.5, 0.6) is 0 Å². The maximum Gasteiger partial charge on any atom is 0.407 e. The lowest BCUT2D eigenvalue weighted by Crippen LogP contribution is -2.44. The van der Waals surface area contributed by atoms with Crippen LogP contribution < -0.4 is 10.6 Å². The van der Waals surface area contributed by atoms with Gasteiger partial charge in [0.2, 0.25) is 0 Å². The molecule has 30 heavy (non-hydrogen) atoms. The van der Waals surface area contributed by atoms with E-state index in [1.165, 1.54) is 11.1 Å².